The first-order valence-corrected chi connectivity index (χ1v) is 7.69. The maximum Gasteiger partial charge on any atom is 0.224 e. The summed E-state index contributed by atoms with van der Waals surface area (Å²) in [6.45, 7) is 9.18. The molecule has 1 aromatic rings. The van der Waals surface area contributed by atoms with Crippen LogP contribution in [0.3, 0.4) is 0 Å². The summed E-state index contributed by atoms with van der Waals surface area (Å²) in [5.41, 5.74) is 2.33. The molecule has 2 rings (SSSR count). The van der Waals surface area contributed by atoms with E-state index in [1.165, 1.54) is 37.9 Å². The minimum absolute atomic E-state index is 0.101. The molecule has 20 heavy (non-hydrogen) atoms. The van der Waals surface area contributed by atoms with Crippen LogP contribution in [0.1, 0.15) is 45.6 Å². The van der Waals surface area contributed by atoms with Crippen LogP contribution in [0.4, 0.5) is 5.69 Å². The number of rotatable bonds is 4. The molecule has 0 saturated carbocycles. The molecule has 1 fully saturated rings. The van der Waals surface area contributed by atoms with E-state index < -0.39 is 0 Å². The molecule has 0 radical (unpaired) electrons. The Hall–Kier alpha value is -1.35. The fraction of sp³-hybridized carbons (Fsp3) is 0.588. The molecule has 0 spiro atoms. The highest BCUT2D eigenvalue weighted by Gasteiger charge is 2.15. The molecule has 0 N–H and O–H groups in total. The van der Waals surface area contributed by atoms with Crippen molar-refractivity contribution in [3.05, 3.63) is 29.8 Å². The largest absolute Gasteiger partial charge is 0.310 e. The van der Waals surface area contributed by atoms with Crippen molar-refractivity contribution in [1.29, 1.82) is 0 Å². The smallest absolute Gasteiger partial charge is 0.224 e. The minimum atomic E-state index is 0.101. The lowest BCUT2D eigenvalue weighted by Gasteiger charge is -2.27. The average Bonchev–Trinajstić information content (AvgIpc) is 2.41. The van der Waals surface area contributed by atoms with E-state index in [9.17, 15) is 4.79 Å². The van der Waals surface area contributed by atoms with Gasteiger partial charge in [-0.3, -0.25) is 9.69 Å². The van der Waals surface area contributed by atoms with Gasteiger partial charge in [0.15, 0.2) is 0 Å². The molecule has 1 saturated heterocycles. The van der Waals surface area contributed by atoms with E-state index in [0.29, 0.717) is 0 Å². The molecule has 0 bridgehead atoms. The molecule has 3 nitrogen and oxygen atoms in total. The van der Waals surface area contributed by atoms with Gasteiger partial charge in [-0.05, 0) is 57.5 Å². The third-order valence-electron chi connectivity index (χ3n) is 3.93. The molecule has 0 atom stereocenters. The van der Waals surface area contributed by atoms with Crippen molar-refractivity contribution in [3.8, 4) is 0 Å². The van der Waals surface area contributed by atoms with Crippen LogP contribution in [0, 0.1) is 0 Å². The van der Waals surface area contributed by atoms with Crippen LogP contribution in [-0.2, 0) is 11.3 Å². The predicted molar refractivity (Wildman–Crippen MR) is 83.9 cm³/mol. The van der Waals surface area contributed by atoms with Gasteiger partial charge in [0.2, 0.25) is 5.91 Å². The molecule has 0 aliphatic carbocycles. The maximum atomic E-state index is 11.7. The Kier molecular flexibility index (Phi) is 5.18. The second-order valence-electron chi connectivity index (χ2n) is 5.99. The van der Waals surface area contributed by atoms with Crippen molar-refractivity contribution < 1.29 is 4.79 Å². The normalized spacial score (nSPS) is 16.4. The summed E-state index contributed by atoms with van der Waals surface area (Å²) in [7, 11) is 0. The van der Waals surface area contributed by atoms with E-state index in [-0.39, 0.29) is 11.9 Å². The van der Waals surface area contributed by atoms with Gasteiger partial charge in [-0.2, -0.15) is 0 Å². The lowest BCUT2D eigenvalue weighted by Crippen LogP contribution is -2.35. The number of benzene rings is 1. The Bertz CT molecular complexity index is 433. The molecule has 0 unspecified atom stereocenters. The molecule has 3 heteroatoms. The van der Waals surface area contributed by atoms with Crippen LogP contribution in [-0.4, -0.2) is 29.9 Å². The van der Waals surface area contributed by atoms with Crippen molar-refractivity contribution in [2.75, 3.05) is 18.0 Å². The van der Waals surface area contributed by atoms with Gasteiger partial charge < -0.3 is 4.90 Å². The summed E-state index contributed by atoms with van der Waals surface area (Å²) >= 11 is 0. The summed E-state index contributed by atoms with van der Waals surface area (Å²) in [4.78, 5) is 16.1. The fourth-order valence-electron chi connectivity index (χ4n) is 2.98. The van der Waals surface area contributed by atoms with Crippen molar-refractivity contribution in [3.63, 3.8) is 0 Å². The Balaban J connectivity index is 2.03. The first kappa shape index (κ1) is 15.0. The van der Waals surface area contributed by atoms with Gasteiger partial charge in [0.25, 0.3) is 0 Å². The van der Waals surface area contributed by atoms with Crippen molar-refractivity contribution in [2.45, 2.75) is 52.6 Å². The SMILES string of the molecule is CC(=O)N(c1ccc(CN2CCCCC2)cc1)C(C)C. The Labute approximate surface area is 122 Å². The Morgan fingerprint density at radius 3 is 2.25 bits per heavy atom. The number of anilines is 1. The van der Waals surface area contributed by atoms with E-state index in [4.69, 9.17) is 0 Å². The second kappa shape index (κ2) is 6.89. The maximum absolute atomic E-state index is 11.7. The number of hydrogen-bond acceptors (Lipinski definition) is 2. The number of hydrogen-bond donors (Lipinski definition) is 0. The number of carbonyl (C=O) groups excluding carboxylic acids is 1. The number of amides is 1. The molecular formula is C17H26N2O. The summed E-state index contributed by atoms with van der Waals surface area (Å²) in [6, 6.07) is 8.65. The van der Waals surface area contributed by atoms with Gasteiger partial charge in [-0.25, -0.2) is 0 Å². The van der Waals surface area contributed by atoms with Gasteiger partial charge in [-0.15, -0.1) is 0 Å². The fourth-order valence-corrected chi connectivity index (χ4v) is 2.98. The van der Waals surface area contributed by atoms with E-state index in [0.717, 1.165) is 12.2 Å². The highest BCUT2D eigenvalue weighted by atomic mass is 16.2. The average molecular weight is 274 g/mol. The van der Waals surface area contributed by atoms with Crippen molar-refractivity contribution in [1.82, 2.24) is 4.90 Å². The third kappa shape index (κ3) is 3.83. The standard InChI is InChI=1S/C17H26N2O/c1-14(2)19(15(3)20)17-9-7-16(8-10-17)13-18-11-5-4-6-12-18/h7-10,14H,4-6,11-13H2,1-3H3. The van der Waals surface area contributed by atoms with Crippen molar-refractivity contribution in [2.24, 2.45) is 0 Å². The zero-order valence-electron chi connectivity index (χ0n) is 12.9. The van der Waals surface area contributed by atoms with Crippen molar-refractivity contribution >= 4 is 11.6 Å². The molecular weight excluding hydrogens is 248 g/mol. The second-order valence-corrected chi connectivity index (χ2v) is 5.99. The molecule has 110 valence electrons. The summed E-state index contributed by atoms with van der Waals surface area (Å²) in [5, 5.41) is 0. The lowest BCUT2D eigenvalue weighted by atomic mass is 10.1. The van der Waals surface area contributed by atoms with Gasteiger partial charge in [0.05, 0.1) is 0 Å². The van der Waals surface area contributed by atoms with Gasteiger partial charge in [0.1, 0.15) is 0 Å². The molecule has 0 aromatic heterocycles. The molecule has 1 aliphatic heterocycles. The number of likely N-dealkylation sites (tertiary alicyclic amines) is 1. The van der Waals surface area contributed by atoms with Crippen LogP contribution in [0.2, 0.25) is 0 Å². The zero-order chi connectivity index (χ0) is 14.5. The Morgan fingerprint density at radius 1 is 1.15 bits per heavy atom. The highest BCUT2D eigenvalue weighted by Crippen LogP contribution is 2.20. The van der Waals surface area contributed by atoms with Crippen LogP contribution in [0.25, 0.3) is 0 Å². The minimum Gasteiger partial charge on any atom is -0.310 e. The predicted octanol–water partition coefficient (Wildman–Crippen LogP) is 3.43. The topological polar surface area (TPSA) is 23.6 Å². The van der Waals surface area contributed by atoms with Gasteiger partial charge in [-0.1, -0.05) is 18.6 Å². The first-order valence-electron chi connectivity index (χ1n) is 7.69. The Morgan fingerprint density at radius 2 is 1.75 bits per heavy atom. The first-order chi connectivity index (χ1) is 9.58. The molecule has 1 amide bonds. The number of piperidine rings is 1. The molecule has 1 aliphatic rings. The monoisotopic (exact) mass is 274 g/mol. The summed E-state index contributed by atoms with van der Waals surface area (Å²) in [6.07, 6.45) is 4.02. The quantitative estimate of drug-likeness (QED) is 0.839. The van der Waals surface area contributed by atoms with E-state index in [1.807, 2.05) is 18.7 Å². The highest BCUT2D eigenvalue weighted by molar-refractivity contribution is 5.91. The van der Waals surface area contributed by atoms with E-state index >= 15 is 0 Å². The van der Waals surface area contributed by atoms with Crippen LogP contribution >= 0.6 is 0 Å². The molecule has 1 heterocycles. The van der Waals surface area contributed by atoms with Gasteiger partial charge in [0, 0.05) is 25.2 Å². The van der Waals surface area contributed by atoms with Crippen LogP contribution < -0.4 is 4.90 Å². The molecule has 1 aromatic carbocycles. The zero-order valence-corrected chi connectivity index (χ0v) is 12.9. The summed E-state index contributed by atoms with van der Waals surface area (Å²) < 4.78 is 0. The number of nitrogens with zero attached hydrogens (tertiary/aromatic N) is 2. The summed E-state index contributed by atoms with van der Waals surface area (Å²) in [5.74, 6) is 0.101. The lowest BCUT2D eigenvalue weighted by molar-refractivity contribution is -0.116. The third-order valence-corrected chi connectivity index (χ3v) is 3.93. The van der Waals surface area contributed by atoms with E-state index in [1.54, 1.807) is 6.92 Å². The van der Waals surface area contributed by atoms with Crippen LogP contribution in [0.15, 0.2) is 24.3 Å². The van der Waals surface area contributed by atoms with Crippen LogP contribution in [0.5, 0.6) is 0 Å². The van der Waals surface area contributed by atoms with E-state index in [2.05, 4.69) is 29.2 Å². The number of carbonyl (C=O) groups is 1. The van der Waals surface area contributed by atoms with Gasteiger partial charge >= 0.3 is 0 Å².